The second-order valence-electron chi connectivity index (χ2n) is 5.08. The van der Waals surface area contributed by atoms with Gasteiger partial charge in [-0.15, -0.1) is 11.3 Å². The minimum atomic E-state index is -0.543. The first-order valence-electron chi connectivity index (χ1n) is 7.38. The first kappa shape index (κ1) is 17.8. The van der Waals surface area contributed by atoms with Crippen molar-refractivity contribution in [2.75, 3.05) is 19.5 Å². The predicted octanol–water partition coefficient (Wildman–Crippen LogP) is 2.99. The minimum absolute atomic E-state index is 0.345. The lowest BCUT2D eigenvalue weighted by Gasteiger charge is -2.10. The van der Waals surface area contributed by atoms with Gasteiger partial charge in [-0.2, -0.15) is 0 Å². The lowest BCUT2D eigenvalue weighted by Crippen LogP contribution is -2.18. The van der Waals surface area contributed by atoms with Crippen LogP contribution in [0.25, 0.3) is 0 Å². The van der Waals surface area contributed by atoms with Crippen LogP contribution in [0.2, 0.25) is 0 Å². The van der Waals surface area contributed by atoms with Crippen LogP contribution in [0.3, 0.4) is 0 Å². The second kappa shape index (κ2) is 7.35. The SMILES string of the molecule is CCc1c(C)sc(NC(=O)c2ccc(OC)c(OC)c2)c1C(N)=O. The van der Waals surface area contributed by atoms with Gasteiger partial charge < -0.3 is 20.5 Å². The van der Waals surface area contributed by atoms with Crippen LogP contribution in [-0.2, 0) is 6.42 Å². The van der Waals surface area contributed by atoms with E-state index in [-0.39, 0.29) is 5.91 Å². The maximum Gasteiger partial charge on any atom is 0.256 e. The molecule has 2 amide bonds. The van der Waals surface area contributed by atoms with Crippen molar-refractivity contribution in [3.8, 4) is 11.5 Å². The van der Waals surface area contributed by atoms with Gasteiger partial charge >= 0.3 is 0 Å². The van der Waals surface area contributed by atoms with Gasteiger partial charge in [0.2, 0.25) is 0 Å². The Labute approximate surface area is 144 Å². The highest BCUT2D eigenvalue weighted by Crippen LogP contribution is 2.34. The van der Waals surface area contributed by atoms with Crippen LogP contribution in [0.4, 0.5) is 5.00 Å². The average Bonchev–Trinajstić information content (AvgIpc) is 2.89. The summed E-state index contributed by atoms with van der Waals surface area (Å²) in [7, 11) is 3.03. The molecule has 6 nitrogen and oxygen atoms in total. The molecule has 1 heterocycles. The van der Waals surface area contributed by atoms with Crippen molar-refractivity contribution < 1.29 is 19.1 Å². The zero-order valence-corrected chi connectivity index (χ0v) is 14.9. The molecule has 0 spiro atoms. The summed E-state index contributed by atoms with van der Waals surface area (Å²) in [6.07, 6.45) is 0.673. The molecule has 3 N–H and O–H groups in total. The Morgan fingerprint density at radius 2 is 1.88 bits per heavy atom. The van der Waals surface area contributed by atoms with E-state index in [0.29, 0.717) is 34.0 Å². The molecule has 0 radical (unpaired) electrons. The van der Waals surface area contributed by atoms with Crippen molar-refractivity contribution >= 4 is 28.2 Å². The average molecular weight is 348 g/mol. The molecule has 1 aromatic heterocycles. The summed E-state index contributed by atoms with van der Waals surface area (Å²) in [5.74, 6) is 0.102. The molecule has 0 fully saturated rings. The molecule has 0 saturated heterocycles. The first-order chi connectivity index (χ1) is 11.4. The van der Waals surface area contributed by atoms with Gasteiger partial charge in [0.05, 0.1) is 19.8 Å². The summed E-state index contributed by atoms with van der Waals surface area (Å²) in [6.45, 7) is 3.85. The highest BCUT2D eigenvalue weighted by atomic mass is 32.1. The number of carbonyl (C=O) groups excluding carboxylic acids is 2. The van der Waals surface area contributed by atoms with Crippen LogP contribution in [0.15, 0.2) is 18.2 Å². The van der Waals surface area contributed by atoms with E-state index in [0.717, 1.165) is 10.4 Å². The van der Waals surface area contributed by atoms with Crippen LogP contribution in [-0.4, -0.2) is 26.0 Å². The highest BCUT2D eigenvalue weighted by Gasteiger charge is 2.21. The van der Waals surface area contributed by atoms with E-state index in [1.54, 1.807) is 18.2 Å². The van der Waals surface area contributed by atoms with E-state index in [9.17, 15) is 9.59 Å². The Balaban J connectivity index is 2.35. The quantitative estimate of drug-likeness (QED) is 0.839. The number of ether oxygens (including phenoxy) is 2. The molecule has 2 aromatic rings. The number of hydrogen-bond donors (Lipinski definition) is 2. The van der Waals surface area contributed by atoms with Gasteiger partial charge in [-0.05, 0) is 37.1 Å². The van der Waals surface area contributed by atoms with E-state index in [2.05, 4.69) is 5.32 Å². The van der Waals surface area contributed by atoms with Gasteiger partial charge in [0.25, 0.3) is 11.8 Å². The number of aryl methyl sites for hydroxylation is 1. The monoisotopic (exact) mass is 348 g/mol. The second-order valence-corrected chi connectivity index (χ2v) is 6.31. The maximum atomic E-state index is 12.5. The first-order valence-corrected chi connectivity index (χ1v) is 8.20. The van der Waals surface area contributed by atoms with Gasteiger partial charge in [0.15, 0.2) is 11.5 Å². The number of primary amides is 1. The van der Waals surface area contributed by atoms with E-state index in [4.69, 9.17) is 15.2 Å². The number of hydrogen-bond acceptors (Lipinski definition) is 5. The third-order valence-electron chi connectivity index (χ3n) is 3.68. The van der Waals surface area contributed by atoms with E-state index in [1.165, 1.54) is 25.6 Å². The molecular weight excluding hydrogens is 328 g/mol. The van der Waals surface area contributed by atoms with Crippen molar-refractivity contribution in [2.45, 2.75) is 20.3 Å². The van der Waals surface area contributed by atoms with Crippen LogP contribution < -0.4 is 20.5 Å². The molecule has 0 aliphatic heterocycles. The smallest absolute Gasteiger partial charge is 0.256 e. The molecule has 24 heavy (non-hydrogen) atoms. The molecular formula is C17H20N2O4S. The fraction of sp³-hybridized carbons (Fsp3) is 0.294. The summed E-state index contributed by atoms with van der Waals surface area (Å²) >= 11 is 1.35. The number of amides is 2. The number of thiophene rings is 1. The molecule has 0 unspecified atom stereocenters. The van der Waals surface area contributed by atoms with Gasteiger partial charge in [-0.25, -0.2) is 0 Å². The van der Waals surface area contributed by atoms with Gasteiger partial charge in [-0.3, -0.25) is 9.59 Å². The van der Waals surface area contributed by atoms with E-state index >= 15 is 0 Å². The fourth-order valence-electron chi connectivity index (χ4n) is 2.51. The maximum absolute atomic E-state index is 12.5. The number of nitrogens with one attached hydrogen (secondary N) is 1. The van der Waals surface area contributed by atoms with Crippen molar-refractivity contribution in [1.82, 2.24) is 0 Å². The van der Waals surface area contributed by atoms with Crippen molar-refractivity contribution in [3.05, 3.63) is 39.8 Å². The van der Waals surface area contributed by atoms with E-state index < -0.39 is 5.91 Å². The number of rotatable bonds is 6. The van der Waals surface area contributed by atoms with Crippen molar-refractivity contribution in [2.24, 2.45) is 5.73 Å². The summed E-state index contributed by atoms with van der Waals surface area (Å²) < 4.78 is 10.4. The molecule has 0 bridgehead atoms. The summed E-state index contributed by atoms with van der Waals surface area (Å²) in [4.78, 5) is 25.2. The number of carbonyl (C=O) groups is 2. The number of methoxy groups -OCH3 is 2. The Kier molecular flexibility index (Phi) is 5.46. The van der Waals surface area contributed by atoms with Gasteiger partial charge in [0.1, 0.15) is 5.00 Å². The molecule has 1 aromatic carbocycles. The Hall–Kier alpha value is -2.54. The van der Waals surface area contributed by atoms with Crippen LogP contribution >= 0.6 is 11.3 Å². The Bertz CT molecular complexity index is 783. The summed E-state index contributed by atoms with van der Waals surface area (Å²) in [5, 5.41) is 3.24. The zero-order valence-electron chi connectivity index (χ0n) is 14.1. The molecule has 0 aliphatic rings. The summed E-state index contributed by atoms with van der Waals surface area (Å²) in [6, 6.07) is 4.86. The molecule has 0 aliphatic carbocycles. The molecule has 2 rings (SSSR count). The third kappa shape index (κ3) is 3.35. The van der Waals surface area contributed by atoms with Crippen LogP contribution in [0.1, 0.15) is 38.1 Å². The predicted molar refractivity (Wildman–Crippen MR) is 94.5 cm³/mol. The summed E-state index contributed by atoms with van der Waals surface area (Å²) in [5.41, 5.74) is 7.13. The normalized spacial score (nSPS) is 10.3. The topological polar surface area (TPSA) is 90.7 Å². The molecule has 128 valence electrons. The lowest BCUT2D eigenvalue weighted by atomic mass is 10.1. The largest absolute Gasteiger partial charge is 0.493 e. The van der Waals surface area contributed by atoms with Crippen molar-refractivity contribution in [3.63, 3.8) is 0 Å². The zero-order chi connectivity index (χ0) is 17.9. The minimum Gasteiger partial charge on any atom is -0.493 e. The molecule has 7 heteroatoms. The van der Waals surface area contributed by atoms with Crippen LogP contribution in [0.5, 0.6) is 11.5 Å². The Morgan fingerprint density at radius 3 is 2.42 bits per heavy atom. The number of nitrogens with two attached hydrogens (primary N) is 1. The fourth-order valence-corrected chi connectivity index (χ4v) is 3.65. The molecule has 0 atom stereocenters. The van der Waals surface area contributed by atoms with Crippen molar-refractivity contribution in [1.29, 1.82) is 0 Å². The van der Waals surface area contributed by atoms with E-state index in [1.807, 2.05) is 13.8 Å². The Morgan fingerprint density at radius 1 is 1.21 bits per heavy atom. The lowest BCUT2D eigenvalue weighted by molar-refractivity contribution is 0.100. The standard InChI is InChI=1S/C17H20N2O4S/c1-5-11-9(2)24-17(14(11)15(18)20)19-16(21)10-6-7-12(22-3)13(8-10)23-4/h6-8H,5H2,1-4H3,(H2,18,20)(H,19,21). The van der Waals surface area contributed by atoms with Gasteiger partial charge in [0, 0.05) is 10.4 Å². The third-order valence-corrected chi connectivity index (χ3v) is 4.74. The number of benzene rings is 1. The highest BCUT2D eigenvalue weighted by molar-refractivity contribution is 7.16. The van der Waals surface area contributed by atoms with Crippen LogP contribution in [0, 0.1) is 6.92 Å². The number of anilines is 1. The van der Waals surface area contributed by atoms with Gasteiger partial charge in [-0.1, -0.05) is 6.92 Å². The molecule has 0 saturated carbocycles.